The van der Waals surface area contributed by atoms with E-state index in [1.807, 2.05) is 11.8 Å². The minimum Gasteiger partial charge on any atom is -0.316 e. The lowest BCUT2D eigenvalue weighted by Crippen LogP contribution is -2.39. The second-order valence-electron chi connectivity index (χ2n) is 4.58. The van der Waals surface area contributed by atoms with Crippen LogP contribution >= 0.6 is 11.8 Å². The summed E-state index contributed by atoms with van der Waals surface area (Å²) >= 11 is 1.96. The largest absolute Gasteiger partial charge is 0.316 e. The Morgan fingerprint density at radius 2 is 2.07 bits per heavy atom. The highest BCUT2D eigenvalue weighted by atomic mass is 32.2. The van der Waals surface area contributed by atoms with Crippen LogP contribution in [0.2, 0.25) is 0 Å². The summed E-state index contributed by atoms with van der Waals surface area (Å²) in [5.41, 5.74) is 0.694. The fourth-order valence-corrected chi connectivity index (χ4v) is 2.67. The first kappa shape index (κ1) is 12.4. The molecular formula is C12H25NS. The molecule has 0 aromatic rings. The summed E-state index contributed by atoms with van der Waals surface area (Å²) in [5.74, 6) is 1.32. The van der Waals surface area contributed by atoms with E-state index in [1.165, 1.54) is 57.4 Å². The van der Waals surface area contributed by atoms with E-state index < -0.39 is 0 Å². The Kier molecular flexibility index (Phi) is 5.95. The van der Waals surface area contributed by atoms with Crippen LogP contribution in [-0.2, 0) is 0 Å². The van der Waals surface area contributed by atoms with Crippen molar-refractivity contribution in [2.75, 3.05) is 25.1 Å². The van der Waals surface area contributed by atoms with Crippen LogP contribution in [0, 0.1) is 5.41 Å². The fourth-order valence-electron chi connectivity index (χ4n) is 2.18. The molecule has 0 aliphatic heterocycles. The third-order valence-corrected chi connectivity index (χ3v) is 4.31. The normalized spacial score (nSPS) is 19.3. The van der Waals surface area contributed by atoms with Gasteiger partial charge in [0.05, 0.1) is 0 Å². The summed E-state index contributed by atoms with van der Waals surface area (Å²) in [6, 6.07) is 0. The second kappa shape index (κ2) is 6.73. The third-order valence-electron chi connectivity index (χ3n) is 3.62. The first-order chi connectivity index (χ1) is 6.83. The van der Waals surface area contributed by atoms with E-state index in [0.29, 0.717) is 5.41 Å². The average molecular weight is 215 g/mol. The van der Waals surface area contributed by atoms with Gasteiger partial charge in [0.25, 0.3) is 0 Å². The van der Waals surface area contributed by atoms with Gasteiger partial charge in [-0.3, -0.25) is 0 Å². The van der Waals surface area contributed by atoms with Crippen LogP contribution in [0.4, 0.5) is 0 Å². The molecule has 0 saturated heterocycles. The van der Waals surface area contributed by atoms with Gasteiger partial charge in [0, 0.05) is 6.54 Å². The van der Waals surface area contributed by atoms with Crippen molar-refractivity contribution in [1.82, 2.24) is 5.32 Å². The molecule has 0 spiro atoms. The van der Waals surface area contributed by atoms with Gasteiger partial charge in [0.1, 0.15) is 0 Å². The number of hydrogen-bond donors (Lipinski definition) is 1. The zero-order valence-electron chi connectivity index (χ0n) is 9.77. The summed E-state index contributed by atoms with van der Waals surface area (Å²) in [7, 11) is 0. The van der Waals surface area contributed by atoms with Gasteiger partial charge < -0.3 is 5.32 Å². The van der Waals surface area contributed by atoms with Gasteiger partial charge in [-0.1, -0.05) is 13.3 Å². The highest BCUT2D eigenvalue weighted by Crippen LogP contribution is 2.42. The molecule has 0 radical (unpaired) electrons. The number of nitrogens with one attached hydrogen (secondary N) is 1. The zero-order valence-corrected chi connectivity index (χ0v) is 10.6. The standard InChI is InChI=1S/C12H25NS/c1-3-12(7-6-8-12)11-13-9-4-5-10-14-2/h13H,3-11H2,1-2H3. The van der Waals surface area contributed by atoms with Crippen molar-refractivity contribution in [3.8, 4) is 0 Å². The van der Waals surface area contributed by atoms with E-state index in [9.17, 15) is 0 Å². The molecule has 0 atom stereocenters. The fraction of sp³-hybridized carbons (Fsp3) is 1.00. The predicted octanol–water partition coefficient (Wildman–Crippen LogP) is 3.30. The molecule has 1 N–H and O–H groups in total. The van der Waals surface area contributed by atoms with Crippen LogP contribution in [0.25, 0.3) is 0 Å². The lowest BCUT2D eigenvalue weighted by Gasteiger charge is -2.41. The molecule has 0 amide bonds. The van der Waals surface area contributed by atoms with E-state index in [0.717, 1.165) is 0 Å². The Balaban J connectivity index is 1.92. The first-order valence-electron chi connectivity index (χ1n) is 6.03. The topological polar surface area (TPSA) is 12.0 Å². The Morgan fingerprint density at radius 1 is 1.29 bits per heavy atom. The van der Waals surface area contributed by atoms with Crippen LogP contribution in [0.3, 0.4) is 0 Å². The van der Waals surface area contributed by atoms with Crippen molar-refractivity contribution in [3.63, 3.8) is 0 Å². The van der Waals surface area contributed by atoms with Crippen molar-refractivity contribution in [1.29, 1.82) is 0 Å². The Bertz CT molecular complexity index is 138. The molecule has 1 nitrogen and oxygen atoms in total. The number of hydrogen-bond acceptors (Lipinski definition) is 2. The molecule has 1 saturated carbocycles. The van der Waals surface area contributed by atoms with Gasteiger partial charge in [0.2, 0.25) is 0 Å². The van der Waals surface area contributed by atoms with Gasteiger partial charge in [-0.25, -0.2) is 0 Å². The molecule has 1 aliphatic carbocycles. The van der Waals surface area contributed by atoms with Crippen molar-refractivity contribution in [2.45, 2.75) is 45.4 Å². The molecule has 84 valence electrons. The van der Waals surface area contributed by atoms with Crippen molar-refractivity contribution < 1.29 is 0 Å². The van der Waals surface area contributed by atoms with E-state index in [2.05, 4.69) is 18.5 Å². The summed E-state index contributed by atoms with van der Waals surface area (Å²) in [6.45, 7) is 4.83. The first-order valence-corrected chi connectivity index (χ1v) is 7.42. The van der Waals surface area contributed by atoms with E-state index in [1.54, 1.807) is 0 Å². The van der Waals surface area contributed by atoms with E-state index in [4.69, 9.17) is 0 Å². The van der Waals surface area contributed by atoms with Crippen molar-refractivity contribution in [3.05, 3.63) is 0 Å². The SMILES string of the molecule is CCC1(CNCCCCSC)CCC1. The monoisotopic (exact) mass is 215 g/mol. The highest BCUT2D eigenvalue weighted by Gasteiger charge is 2.34. The van der Waals surface area contributed by atoms with E-state index >= 15 is 0 Å². The highest BCUT2D eigenvalue weighted by molar-refractivity contribution is 7.98. The molecule has 0 aromatic carbocycles. The number of thioether (sulfide) groups is 1. The molecule has 1 fully saturated rings. The molecule has 1 aliphatic rings. The summed E-state index contributed by atoms with van der Waals surface area (Å²) in [5, 5.41) is 3.63. The van der Waals surface area contributed by atoms with Crippen LogP contribution in [0.15, 0.2) is 0 Å². The van der Waals surface area contributed by atoms with Gasteiger partial charge in [-0.2, -0.15) is 11.8 Å². The van der Waals surface area contributed by atoms with Gasteiger partial charge in [-0.05, 0) is 56.1 Å². The summed E-state index contributed by atoms with van der Waals surface area (Å²) in [6.07, 6.45) is 10.7. The Labute approximate surface area is 93.4 Å². The minimum absolute atomic E-state index is 0.694. The van der Waals surface area contributed by atoms with Crippen molar-refractivity contribution >= 4 is 11.8 Å². The molecule has 1 rings (SSSR count). The van der Waals surface area contributed by atoms with Gasteiger partial charge in [-0.15, -0.1) is 0 Å². The molecule has 14 heavy (non-hydrogen) atoms. The predicted molar refractivity (Wildman–Crippen MR) is 67.1 cm³/mol. The minimum atomic E-state index is 0.694. The van der Waals surface area contributed by atoms with Crippen molar-refractivity contribution in [2.24, 2.45) is 5.41 Å². The molecule has 0 heterocycles. The quantitative estimate of drug-likeness (QED) is 0.624. The van der Waals surface area contributed by atoms with Gasteiger partial charge >= 0.3 is 0 Å². The maximum atomic E-state index is 3.63. The number of rotatable bonds is 8. The van der Waals surface area contributed by atoms with Crippen LogP contribution < -0.4 is 5.32 Å². The second-order valence-corrected chi connectivity index (χ2v) is 5.57. The van der Waals surface area contributed by atoms with Crippen LogP contribution in [-0.4, -0.2) is 25.1 Å². The summed E-state index contributed by atoms with van der Waals surface area (Å²) in [4.78, 5) is 0. The molecular weight excluding hydrogens is 190 g/mol. The third kappa shape index (κ3) is 3.82. The van der Waals surface area contributed by atoms with Gasteiger partial charge in [0.15, 0.2) is 0 Å². The maximum Gasteiger partial charge on any atom is 0.000770 e. The molecule has 0 bridgehead atoms. The smallest absolute Gasteiger partial charge is 0.000770 e. The lowest BCUT2D eigenvalue weighted by molar-refractivity contribution is 0.124. The lowest BCUT2D eigenvalue weighted by atomic mass is 9.67. The van der Waals surface area contributed by atoms with Crippen LogP contribution in [0.5, 0.6) is 0 Å². The summed E-state index contributed by atoms with van der Waals surface area (Å²) < 4.78 is 0. The molecule has 2 heteroatoms. The van der Waals surface area contributed by atoms with E-state index in [-0.39, 0.29) is 0 Å². The average Bonchev–Trinajstić information content (AvgIpc) is 2.15. The molecule has 0 aromatic heterocycles. The maximum absolute atomic E-state index is 3.63. The Hall–Kier alpha value is 0.310. The number of unbranched alkanes of at least 4 members (excludes halogenated alkanes) is 1. The Morgan fingerprint density at radius 3 is 2.57 bits per heavy atom. The molecule has 0 unspecified atom stereocenters. The van der Waals surface area contributed by atoms with Crippen LogP contribution in [0.1, 0.15) is 45.4 Å². The zero-order chi connectivity index (χ0) is 10.3.